The van der Waals surface area contributed by atoms with E-state index in [1.54, 1.807) is 0 Å². The number of aromatic nitrogens is 3. The quantitative estimate of drug-likeness (QED) is 0.169. The number of nitriles is 1. The first kappa shape index (κ1) is 30.7. The molecule has 254 valence electrons. The second kappa shape index (κ2) is 11.8. The lowest BCUT2D eigenvalue weighted by molar-refractivity contribution is 1.15. The van der Waals surface area contributed by atoms with Crippen LogP contribution in [0, 0.1) is 17.9 Å². The fourth-order valence-corrected chi connectivity index (χ4v) is 8.75. The summed E-state index contributed by atoms with van der Waals surface area (Å²) < 4.78 is 6.95. The van der Waals surface area contributed by atoms with Crippen LogP contribution in [0.5, 0.6) is 0 Å². The normalized spacial score (nSPS) is 11.6. The number of para-hydroxylation sites is 4. The lowest BCUT2D eigenvalue weighted by atomic mass is 10.00. The number of benzene rings is 8. The van der Waals surface area contributed by atoms with Gasteiger partial charge < -0.3 is 13.7 Å². The summed E-state index contributed by atoms with van der Waals surface area (Å²) >= 11 is 0. The van der Waals surface area contributed by atoms with E-state index < -0.39 is 0 Å². The minimum Gasteiger partial charge on any atom is -0.311 e. The Kier molecular flexibility index (Phi) is 6.61. The van der Waals surface area contributed by atoms with Crippen LogP contribution < -0.4 is 0 Å². The highest BCUT2D eigenvalue weighted by Crippen LogP contribution is 2.41. The number of hydrogen-bond acceptors (Lipinski definition) is 1. The second-order valence-corrected chi connectivity index (χ2v) is 13.9. The van der Waals surface area contributed by atoms with Crippen molar-refractivity contribution in [2.45, 2.75) is 0 Å². The summed E-state index contributed by atoms with van der Waals surface area (Å²) in [5.74, 6) is 0. The number of fused-ring (bicyclic) bond motifs is 9. The molecule has 0 spiro atoms. The van der Waals surface area contributed by atoms with E-state index in [0.717, 1.165) is 66.4 Å². The zero-order valence-corrected chi connectivity index (χ0v) is 29.5. The molecule has 0 fully saturated rings. The molecule has 0 N–H and O–H groups in total. The standard InChI is InChI=1S/C50H29N5/c1-52-42-15-10-20-48-50(42)40-14-5-9-19-46(40)53(48)34-24-22-33(23-25-34)41-29-32(31-51)21-28-47(41)55-45-18-8-4-13-38(45)39-27-26-35(30-49(39)55)54-43-16-6-2-11-36(43)37-12-3-7-17-44(37)54/h2-30H. The van der Waals surface area contributed by atoms with E-state index in [2.05, 4.69) is 164 Å². The predicted molar refractivity (Wildman–Crippen MR) is 226 cm³/mol. The van der Waals surface area contributed by atoms with Crippen LogP contribution in [0.3, 0.4) is 0 Å². The van der Waals surface area contributed by atoms with Gasteiger partial charge in [-0.1, -0.05) is 103 Å². The molecule has 55 heavy (non-hydrogen) atoms. The maximum Gasteiger partial charge on any atom is 0.197 e. The Morgan fingerprint density at radius 3 is 1.60 bits per heavy atom. The Balaban J connectivity index is 1.13. The largest absolute Gasteiger partial charge is 0.311 e. The van der Waals surface area contributed by atoms with E-state index in [9.17, 15) is 5.26 Å². The molecule has 11 aromatic rings. The first-order chi connectivity index (χ1) is 27.2. The van der Waals surface area contributed by atoms with Crippen molar-refractivity contribution in [2.24, 2.45) is 0 Å². The lowest BCUT2D eigenvalue weighted by Crippen LogP contribution is -2.00. The van der Waals surface area contributed by atoms with E-state index in [4.69, 9.17) is 6.57 Å². The van der Waals surface area contributed by atoms with Crippen LogP contribution in [0.15, 0.2) is 176 Å². The summed E-state index contributed by atoms with van der Waals surface area (Å²) in [7, 11) is 0. The molecule has 5 heteroatoms. The third-order valence-electron chi connectivity index (χ3n) is 11.1. The smallest absolute Gasteiger partial charge is 0.197 e. The molecule has 0 aliphatic carbocycles. The molecule has 0 aliphatic heterocycles. The van der Waals surface area contributed by atoms with E-state index in [1.165, 1.54) is 27.2 Å². The van der Waals surface area contributed by atoms with Gasteiger partial charge in [0.1, 0.15) is 0 Å². The van der Waals surface area contributed by atoms with Crippen LogP contribution in [0.2, 0.25) is 0 Å². The molecule has 11 rings (SSSR count). The van der Waals surface area contributed by atoms with Gasteiger partial charge in [0.05, 0.1) is 51.5 Å². The molecule has 0 unspecified atom stereocenters. The van der Waals surface area contributed by atoms with Crippen molar-refractivity contribution in [1.82, 2.24) is 13.7 Å². The van der Waals surface area contributed by atoms with Crippen LogP contribution in [0.4, 0.5) is 5.69 Å². The van der Waals surface area contributed by atoms with E-state index in [-0.39, 0.29) is 0 Å². The van der Waals surface area contributed by atoms with Gasteiger partial charge in [-0.3, -0.25) is 0 Å². The second-order valence-electron chi connectivity index (χ2n) is 13.9. The Morgan fingerprint density at radius 1 is 0.436 bits per heavy atom. The molecular formula is C50H29N5. The van der Waals surface area contributed by atoms with Gasteiger partial charge in [-0.2, -0.15) is 5.26 Å². The van der Waals surface area contributed by atoms with Gasteiger partial charge in [-0.15, -0.1) is 0 Å². The SMILES string of the molecule is [C-]#[N+]c1cccc2c1c1ccccc1n2-c1ccc(-c2cc(C#N)ccc2-n2c3ccccc3c3ccc(-n4c5ccccc5c5ccccc54)cc32)cc1. The third kappa shape index (κ3) is 4.45. The monoisotopic (exact) mass is 699 g/mol. The molecule has 3 heterocycles. The Morgan fingerprint density at radius 2 is 0.964 bits per heavy atom. The Hall–Kier alpha value is -7.86. The summed E-state index contributed by atoms with van der Waals surface area (Å²) in [6.45, 7) is 7.85. The van der Waals surface area contributed by atoms with Crippen LogP contribution in [0.25, 0.3) is 98.5 Å². The van der Waals surface area contributed by atoms with Crippen LogP contribution in [0.1, 0.15) is 5.56 Å². The summed E-state index contributed by atoms with van der Waals surface area (Å²) in [5.41, 5.74) is 12.9. The van der Waals surface area contributed by atoms with E-state index in [1.807, 2.05) is 36.4 Å². The molecule has 0 atom stereocenters. The Bertz CT molecular complexity index is 3400. The highest BCUT2D eigenvalue weighted by atomic mass is 15.0. The average molecular weight is 700 g/mol. The number of nitrogens with zero attached hydrogens (tertiary/aromatic N) is 5. The predicted octanol–water partition coefficient (Wildman–Crippen LogP) is 13.1. The van der Waals surface area contributed by atoms with Crippen molar-refractivity contribution in [1.29, 1.82) is 5.26 Å². The lowest BCUT2D eigenvalue weighted by Gasteiger charge is -2.16. The van der Waals surface area contributed by atoms with Gasteiger partial charge in [0.15, 0.2) is 5.69 Å². The molecule has 0 radical (unpaired) electrons. The molecule has 8 aromatic carbocycles. The van der Waals surface area contributed by atoms with Crippen molar-refractivity contribution < 1.29 is 0 Å². The topological polar surface area (TPSA) is 42.9 Å². The molecule has 0 aliphatic rings. The van der Waals surface area contributed by atoms with Crippen LogP contribution >= 0.6 is 0 Å². The minimum absolute atomic E-state index is 0.601. The zero-order valence-electron chi connectivity index (χ0n) is 29.5. The summed E-state index contributed by atoms with van der Waals surface area (Å²) in [4.78, 5) is 3.86. The van der Waals surface area contributed by atoms with E-state index >= 15 is 0 Å². The molecule has 3 aromatic heterocycles. The van der Waals surface area contributed by atoms with Crippen molar-refractivity contribution in [3.05, 3.63) is 193 Å². The van der Waals surface area contributed by atoms with Crippen molar-refractivity contribution in [3.8, 4) is 34.3 Å². The van der Waals surface area contributed by atoms with Crippen molar-refractivity contribution in [3.63, 3.8) is 0 Å². The molecule has 5 nitrogen and oxygen atoms in total. The van der Waals surface area contributed by atoms with Gasteiger partial charge in [-0.05, 0) is 83.7 Å². The number of hydrogen-bond donors (Lipinski definition) is 0. The van der Waals surface area contributed by atoms with Gasteiger partial charge >= 0.3 is 0 Å². The van der Waals surface area contributed by atoms with Crippen molar-refractivity contribution >= 4 is 71.1 Å². The van der Waals surface area contributed by atoms with Gasteiger partial charge in [0.25, 0.3) is 0 Å². The summed E-state index contributed by atoms with van der Waals surface area (Å²) in [6, 6.07) is 63.7. The first-order valence-corrected chi connectivity index (χ1v) is 18.3. The fourth-order valence-electron chi connectivity index (χ4n) is 8.75. The Labute approximate surface area is 316 Å². The molecule has 0 amide bonds. The summed E-state index contributed by atoms with van der Waals surface area (Å²) in [5, 5.41) is 16.9. The van der Waals surface area contributed by atoms with Crippen LogP contribution in [-0.4, -0.2) is 13.7 Å². The highest BCUT2D eigenvalue weighted by molar-refractivity contribution is 6.15. The maximum atomic E-state index is 10.1. The van der Waals surface area contributed by atoms with Crippen LogP contribution in [-0.2, 0) is 0 Å². The molecule has 0 saturated heterocycles. The van der Waals surface area contributed by atoms with Gasteiger partial charge in [0, 0.05) is 49.4 Å². The van der Waals surface area contributed by atoms with E-state index in [0.29, 0.717) is 11.3 Å². The first-order valence-electron chi connectivity index (χ1n) is 18.3. The average Bonchev–Trinajstić information content (AvgIpc) is 3.89. The van der Waals surface area contributed by atoms with Gasteiger partial charge in [0.2, 0.25) is 0 Å². The molecule has 0 bridgehead atoms. The minimum atomic E-state index is 0.601. The highest BCUT2D eigenvalue weighted by Gasteiger charge is 2.20. The summed E-state index contributed by atoms with van der Waals surface area (Å²) in [6.07, 6.45) is 0. The fraction of sp³-hybridized carbons (Fsp3) is 0. The molecule has 0 saturated carbocycles. The zero-order chi connectivity index (χ0) is 36.6. The third-order valence-corrected chi connectivity index (χ3v) is 11.1. The van der Waals surface area contributed by atoms with Gasteiger partial charge in [-0.25, -0.2) is 4.85 Å². The molecular weight excluding hydrogens is 671 g/mol. The van der Waals surface area contributed by atoms with Crippen molar-refractivity contribution in [2.75, 3.05) is 0 Å². The number of rotatable bonds is 4. The maximum absolute atomic E-state index is 10.1.